The number of halogens is 1. The van der Waals surface area contributed by atoms with Crippen LogP contribution in [0.4, 0.5) is 5.69 Å². The average Bonchev–Trinajstić information content (AvgIpc) is 3.23. The van der Waals surface area contributed by atoms with Crippen molar-refractivity contribution in [1.82, 2.24) is 4.98 Å². The lowest BCUT2D eigenvalue weighted by Gasteiger charge is -2.09. The molecule has 0 atom stereocenters. The Morgan fingerprint density at radius 2 is 1.70 bits per heavy atom. The number of carbonyl (C=O) groups is 1. The molecule has 8 heteroatoms. The predicted octanol–water partition coefficient (Wildman–Crippen LogP) is 6.40. The second-order valence-electron chi connectivity index (χ2n) is 6.36. The van der Waals surface area contributed by atoms with Crippen molar-refractivity contribution < 1.29 is 14.8 Å². The fourth-order valence-corrected chi connectivity index (χ4v) is 4.20. The summed E-state index contributed by atoms with van der Waals surface area (Å²) in [6.07, 6.45) is 0. The zero-order chi connectivity index (χ0) is 21.3. The highest BCUT2D eigenvalue weighted by Crippen LogP contribution is 2.37. The van der Waals surface area contributed by atoms with Crippen LogP contribution in [0.25, 0.3) is 33.0 Å². The number of hydrogen-bond donors (Lipinski definition) is 1. The number of aromatic nitrogens is 1. The summed E-state index contributed by atoms with van der Waals surface area (Å²) < 4.78 is 0. The van der Waals surface area contributed by atoms with Crippen molar-refractivity contribution in [1.29, 1.82) is 0 Å². The smallest absolute Gasteiger partial charge is 0.336 e. The van der Waals surface area contributed by atoms with Crippen molar-refractivity contribution >= 4 is 34.6 Å². The molecule has 1 aromatic heterocycles. The molecule has 0 aliphatic carbocycles. The molecule has 0 unspecified atom stereocenters. The number of carboxylic acid groups (broad SMARTS) is 1. The van der Waals surface area contributed by atoms with Crippen LogP contribution in [0, 0.1) is 10.1 Å². The Morgan fingerprint density at radius 1 is 1.00 bits per heavy atom. The molecule has 6 nitrogen and oxygen atoms in total. The van der Waals surface area contributed by atoms with Crippen LogP contribution in [0.15, 0.2) is 72.1 Å². The molecule has 1 N–H and O–H groups in total. The predicted molar refractivity (Wildman–Crippen MR) is 117 cm³/mol. The van der Waals surface area contributed by atoms with E-state index in [0.717, 1.165) is 5.56 Å². The van der Waals surface area contributed by atoms with Crippen molar-refractivity contribution in [3.63, 3.8) is 0 Å². The maximum atomic E-state index is 11.9. The molecule has 0 aliphatic heterocycles. The number of benzene rings is 3. The summed E-state index contributed by atoms with van der Waals surface area (Å²) >= 11 is 7.61. The zero-order valence-electron chi connectivity index (χ0n) is 15.3. The molecular weight excluding hydrogens is 424 g/mol. The molecule has 0 saturated heterocycles. The SMILES string of the molecule is O=C(O)c1cc(-c2nc(-c3ccccc3Cl)cs2)ccc1-c1ccccc1[N+](=O)[O-]. The molecule has 1 heterocycles. The van der Waals surface area contributed by atoms with Gasteiger partial charge in [0.05, 0.1) is 21.7 Å². The van der Waals surface area contributed by atoms with Crippen molar-refractivity contribution in [3.05, 3.63) is 92.8 Å². The number of nitrogens with zero attached hydrogens (tertiary/aromatic N) is 2. The summed E-state index contributed by atoms with van der Waals surface area (Å²) in [6, 6.07) is 18.2. The monoisotopic (exact) mass is 436 g/mol. The molecule has 4 aromatic rings. The summed E-state index contributed by atoms with van der Waals surface area (Å²) in [5.41, 5.74) is 2.44. The van der Waals surface area contributed by atoms with Gasteiger partial charge in [-0.2, -0.15) is 0 Å². The van der Waals surface area contributed by atoms with Crippen LogP contribution < -0.4 is 0 Å². The van der Waals surface area contributed by atoms with E-state index < -0.39 is 10.9 Å². The van der Waals surface area contributed by atoms with Gasteiger partial charge in [0.25, 0.3) is 5.69 Å². The minimum Gasteiger partial charge on any atom is -0.478 e. The second-order valence-corrected chi connectivity index (χ2v) is 7.62. The average molecular weight is 437 g/mol. The van der Waals surface area contributed by atoms with Crippen LogP contribution in [-0.2, 0) is 0 Å². The maximum absolute atomic E-state index is 11.9. The molecule has 0 bridgehead atoms. The molecule has 0 radical (unpaired) electrons. The summed E-state index contributed by atoms with van der Waals surface area (Å²) in [5, 5.41) is 24.2. The standard InChI is InChI=1S/C22H13ClN2O4S/c23-18-7-3-1-6-16(18)19-12-30-21(24-19)13-9-10-14(17(11-13)22(26)27)15-5-2-4-8-20(15)25(28)29/h1-12H,(H,26,27). The largest absolute Gasteiger partial charge is 0.478 e. The number of para-hydroxylation sites is 1. The van der Waals surface area contributed by atoms with Gasteiger partial charge in [0.15, 0.2) is 0 Å². The van der Waals surface area contributed by atoms with Gasteiger partial charge in [-0.3, -0.25) is 10.1 Å². The van der Waals surface area contributed by atoms with Gasteiger partial charge in [0.2, 0.25) is 0 Å². The van der Waals surface area contributed by atoms with E-state index in [-0.39, 0.29) is 22.4 Å². The van der Waals surface area contributed by atoms with Gasteiger partial charge in [-0.1, -0.05) is 54.1 Å². The van der Waals surface area contributed by atoms with E-state index in [0.29, 0.717) is 21.3 Å². The van der Waals surface area contributed by atoms with E-state index in [1.807, 2.05) is 23.6 Å². The van der Waals surface area contributed by atoms with Crippen LogP contribution in [0.5, 0.6) is 0 Å². The van der Waals surface area contributed by atoms with Gasteiger partial charge >= 0.3 is 5.97 Å². The number of rotatable bonds is 5. The van der Waals surface area contributed by atoms with E-state index >= 15 is 0 Å². The lowest BCUT2D eigenvalue weighted by atomic mass is 9.96. The van der Waals surface area contributed by atoms with Gasteiger partial charge in [0, 0.05) is 33.2 Å². The number of hydrogen-bond acceptors (Lipinski definition) is 5. The molecule has 148 valence electrons. The molecule has 0 saturated carbocycles. The molecule has 3 aromatic carbocycles. The minimum atomic E-state index is -1.17. The number of thiazole rings is 1. The van der Waals surface area contributed by atoms with Gasteiger partial charge in [-0.05, 0) is 18.2 Å². The Kier molecular flexibility index (Phi) is 5.31. The Balaban J connectivity index is 1.80. The topological polar surface area (TPSA) is 93.3 Å². The first-order valence-electron chi connectivity index (χ1n) is 8.77. The first-order chi connectivity index (χ1) is 14.5. The number of nitro benzene ring substituents is 1. The fourth-order valence-electron chi connectivity index (χ4n) is 3.15. The highest BCUT2D eigenvalue weighted by atomic mass is 35.5. The first kappa shape index (κ1) is 19.8. The third kappa shape index (κ3) is 3.68. The van der Waals surface area contributed by atoms with Crippen molar-refractivity contribution in [2.45, 2.75) is 0 Å². The van der Waals surface area contributed by atoms with Crippen LogP contribution in [0.2, 0.25) is 5.02 Å². The van der Waals surface area contributed by atoms with Crippen LogP contribution in [0.3, 0.4) is 0 Å². The molecule has 30 heavy (non-hydrogen) atoms. The third-order valence-corrected chi connectivity index (χ3v) is 5.76. The van der Waals surface area contributed by atoms with Crippen LogP contribution in [-0.4, -0.2) is 21.0 Å². The Hall–Kier alpha value is -3.55. The molecule has 0 amide bonds. The van der Waals surface area contributed by atoms with E-state index in [1.165, 1.54) is 23.5 Å². The van der Waals surface area contributed by atoms with Crippen molar-refractivity contribution in [2.75, 3.05) is 0 Å². The van der Waals surface area contributed by atoms with Crippen molar-refractivity contribution in [2.24, 2.45) is 0 Å². The van der Waals surface area contributed by atoms with Gasteiger partial charge in [-0.15, -0.1) is 11.3 Å². The highest BCUT2D eigenvalue weighted by Gasteiger charge is 2.21. The number of nitro groups is 1. The van der Waals surface area contributed by atoms with Crippen molar-refractivity contribution in [3.8, 4) is 33.0 Å². The third-order valence-electron chi connectivity index (χ3n) is 4.54. The molecular formula is C22H13ClN2O4S. The summed E-state index contributed by atoms with van der Waals surface area (Å²) in [6.45, 7) is 0. The second kappa shape index (κ2) is 8.06. The minimum absolute atomic E-state index is 0.0312. The van der Waals surface area contributed by atoms with E-state index in [4.69, 9.17) is 11.6 Å². The van der Waals surface area contributed by atoms with E-state index in [1.54, 1.807) is 36.4 Å². The highest BCUT2D eigenvalue weighted by molar-refractivity contribution is 7.13. The summed E-state index contributed by atoms with van der Waals surface area (Å²) in [4.78, 5) is 27.4. The molecule has 0 spiro atoms. The maximum Gasteiger partial charge on any atom is 0.336 e. The van der Waals surface area contributed by atoms with Gasteiger partial charge in [0.1, 0.15) is 5.01 Å². The lowest BCUT2D eigenvalue weighted by Crippen LogP contribution is -2.02. The quantitative estimate of drug-likeness (QED) is 0.288. The zero-order valence-corrected chi connectivity index (χ0v) is 16.9. The fraction of sp³-hybridized carbons (Fsp3) is 0. The lowest BCUT2D eigenvalue weighted by molar-refractivity contribution is -0.384. The molecule has 4 rings (SSSR count). The number of aromatic carboxylic acids is 1. The number of carboxylic acids is 1. The molecule has 0 aliphatic rings. The van der Waals surface area contributed by atoms with Crippen LogP contribution in [0.1, 0.15) is 10.4 Å². The van der Waals surface area contributed by atoms with Crippen LogP contribution >= 0.6 is 22.9 Å². The summed E-state index contributed by atoms with van der Waals surface area (Å²) in [7, 11) is 0. The Morgan fingerprint density at radius 3 is 2.40 bits per heavy atom. The Labute approximate surface area is 180 Å². The van der Waals surface area contributed by atoms with Gasteiger partial charge < -0.3 is 5.11 Å². The van der Waals surface area contributed by atoms with Gasteiger partial charge in [-0.25, -0.2) is 9.78 Å². The molecule has 0 fully saturated rings. The first-order valence-corrected chi connectivity index (χ1v) is 10.0. The summed E-state index contributed by atoms with van der Waals surface area (Å²) in [5.74, 6) is -1.17. The Bertz CT molecular complexity index is 1290. The van der Waals surface area contributed by atoms with E-state index in [9.17, 15) is 20.0 Å². The normalized spacial score (nSPS) is 10.7. The van der Waals surface area contributed by atoms with E-state index in [2.05, 4.69) is 4.98 Å².